The highest BCUT2D eigenvalue weighted by Gasteiger charge is 2.13. The van der Waals surface area contributed by atoms with E-state index in [1.807, 2.05) is 0 Å². The normalized spacial score (nSPS) is 17.3. The summed E-state index contributed by atoms with van der Waals surface area (Å²) in [5.74, 6) is 5.52. The molecule has 0 amide bonds. The molecule has 1 aliphatic carbocycles. The molecule has 4 N–H and O–H groups in total. The average Bonchev–Trinajstić information content (AvgIpc) is 2.43. The molecule has 1 aromatic rings. The molecule has 4 nitrogen and oxygen atoms in total. The summed E-state index contributed by atoms with van der Waals surface area (Å²) in [5, 5.41) is 2.89. The first-order chi connectivity index (χ1) is 9.19. The summed E-state index contributed by atoms with van der Waals surface area (Å²) in [6, 6.07) is 4.96. The van der Waals surface area contributed by atoms with Crippen LogP contribution >= 0.6 is 15.9 Å². The number of hydrogen-bond donors (Lipinski definition) is 3. The zero-order valence-electron chi connectivity index (χ0n) is 10.6. The Hall–Kier alpha value is -1.14. The fourth-order valence-electron chi connectivity index (χ4n) is 2.22. The molecule has 0 radical (unpaired) electrons. The summed E-state index contributed by atoms with van der Waals surface area (Å²) < 4.78 is 14.4. The van der Waals surface area contributed by atoms with Crippen molar-refractivity contribution < 1.29 is 4.39 Å². The fraction of sp³-hybridized carbons (Fsp3) is 0.462. The number of nitrogens with one attached hydrogen (secondary N) is 2. The molecule has 1 aromatic carbocycles. The maximum atomic E-state index is 13.6. The molecule has 0 unspecified atom stereocenters. The third-order valence-corrected chi connectivity index (χ3v) is 3.70. The van der Waals surface area contributed by atoms with Crippen LogP contribution in [0.15, 0.2) is 27.7 Å². The summed E-state index contributed by atoms with van der Waals surface area (Å²) >= 11 is 3.31. The van der Waals surface area contributed by atoms with E-state index in [1.165, 1.54) is 25.3 Å². The van der Waals surface area contributed by atoms with Gasteiger partial charge in [-0.05, 0) is 31.0 Å². The molecule has 0 aliphatic heterocycles. The maximum Gasteiger partial charge on any atom is 0.210 e. The van der Waals surface area contributed by atoms with E-state index in [0.29, 0.717) is 11.6 Å². The highest BCUT2D eigenvalue weighted by molar-refractivity contribution is 9.10. The molecule has 0 atom stereocenters. The van der Waals surface area contributed by atoms with Crippen molar-refractivity contribution in [1.29, 1.82) is 0 Å². The Morgan fingerprint density at radius 3 is 2.74 bits per heavy atom. The first-order valence-corrected chi connectivity index (χ1v) is 7.25. The van der Waals surface area contributed by atoms with Crippen LogP contribution in [-0.4, -0.2) is 12.0 Å². The van der Waals surface area contributed by atoms with Crippen molar-refractivity contribution >= 4 is 27.6 Å². The van der Waals surface area contributed by atoms with E-state index in [2.05, 4.69) is 31.7 Å². The van der Waals surface area contributed by atoms with Gasteiger partial charge in [-0.25, -0.2) is 15.2 Å². The Bertz CT molecular complexity index is 458. The van der Waals surface area contributed by atoms with Crippen LogP contribution in [0.5, 0.6) is 0 Å². The van der Waals surface area contributed by atoms with Gasteiger partial charge < -0.3 is 5.32 Å². The van der Waals surface area contributed by atoms with Crippen LogP contribution in [0.1, 0.15) is 32.1 Å². The van der Waals surface area contributed by atoms with Crippen molar-refractivity contribution in [2.24, 2.45) is 10.8 Å². The molecular weight excluding hydrogens is 311 g/mol. The van der Waals surface area contributed by atoms with Crippen LogP contribution in [0.4, 0.5) is 10.1 Å². The highest BCUT2D eigenvalue weighted by atomic mass is 79.9. The lowest BCUT2D eigenvalue weighted by Gasteiger charge is -2.19. The summed E-state index contributed by atoms with van der Waals surface area (Å²) in [4.78, 5) is 4.51. The molecule has 0 bridgehead atoms. The zero-order valence-corrected chi connectivity index (χ0v) is 12.2. The van der Waals surface area contributed by atoms with Gasteiger partial charge in [0.2, 0.25) is 5.96 Å². The summed E-state index contributed by atoms with van der Waals surface area (Å²) in [7, 11) is 0. The Balaban J connectivity index is 2.09. The second kappa shape index (κ2) is 6.86. The minimum absolute atomic E-state index is 0.266. The Kier molecular flexibility index (Phi) is 5.15. The average molecular weight is 329 g/mol. The quantitative estimate of drug-likeness (QED) is 0.338. The van der Waals surface area contributed by atoms with Crippen LogP contribution in [-0.2, 0) is 0 Å². The molecule has 6 heteroatoms. The van der Waals surface area contributed by atoms with E-state index in [0.717, 1.165) is 17.3 Å². The van der Waals surface area contributed by atoms with Crippen LogP contribution in [0, 0.1) is 5.82 Å². The van der Waals surface area contributed by atoms with Crippen molar-refractivity contribution in [3.8, 4) is 0 Å². The van der Waals surface area contributed by atoms with Crippen LogP contribution in [0.25, 0.3) is 0 Å². The number of hydrazine groups is 1. The van der Waals surface area contributed by atoms with E-state index >= 15 is 0 Å². The second-order valence-corrected chi connectivity index (χ2v) is 5.58. The maximum absolute atomic E-state index is 13.6. The topological polar surface area (TPSA) is 62.4 Å². The Morgan fingerprint density at radius 1 is 1.32 bits per heavy atom. The number of aliphatic imine (C=N–C) groups is 1. The van der Waals surface area contributed by atoms with E-state index < -0.39 is 0 Å². The van der Waals surface area contributed by atoms with E-state index in [1.54, 1.807) is 12.1 Å². The minimum Gasteiger partial charge on any atom is -0.323 e. The lowest BCUT2D eigenvalue weighted by Crippen LogP contribution is -2.37. The van der Waals surface area contributed by atoms with Crippen molar-refractivity contribution in [1.82, 2.24) is 5.43 Å². The van der Waals surface area contributed by atoms with Gasteiger partial charge in [-0.15, -0.1) is 0 Å². The van der Waals surface area contributed by atoms with Crippen molar-refractivity contribution in [2.75, 3.05) is 5.32 Å². The SMILES string of the molecule is NNC(=NC1CCCCC1)Nc1cc(Br)ccc1F. The summed E-state index contributed by atoms with van der Waals surface area (Å²) in [6.07, 6.45) is 5.78. The van der Waals surface area contributed by atoms with Crippen molar-refractivity contribution in [3.05, 3.63) is 28.5 Å². The predicted molar refractivity (Wildman–Crippen MR) is 79.4 cm³/mol. The first-order valence-electron chi connectivity index (χ1n) is 6.45. The van der Waals surface area contributed by atoms with Crippen molar-refractivity contribution in [2.45, 2.75) is 38.1 Å². The molecule has 0 saturated heterocycles. The number of anilines is 1. The Morgan fingerprint density at radius 2 is 2.05 bits per heavy atom. The van der Waals surface area contributed by atoms with Gasteiger partial charge in [0.15, 0.2) is 0 Å². The molecular formula is C13H18BrFN4. The van der Waals surface area contributed by atoms with Gasteiger partial charge in [-0.2, -0.15) is 0 Å². The number of rotatable bonds is 2. The van der Waals surface area contributed by atoms with Crippen LogP contribution < -0.4 is 16.6 Å². The van der Waals surface area contributed by atoms with Gasteiger partial charge in [0.25, 0.3) is 0 Å². The second-order valence-electron chi connectivity index (χ2n) is 4.66. The number of hydrogen-bond acceptors (Lipinski definition) is 2. The Labute approximate surface area is 120 Å². The number of halogens is 2. The summed E-state index contributed by atoms with van der Waals surface area (Å²) in [5.41, 5.74) is 2.85. The summed E-state index contributed by atoms with van der Waals surface area (Å²) in [6.45, 7) is 0. The molecule has 0 spiro atoms. The monoisotopic (exact) mass is 328 g/mol. The van der Waals surface area contributed by atoms with Gasteiger partial charge >= 0.3 is 0 Å². The van der Waals surface area contributed by atoms with Gasteiger partial charge in [-0.3, -0.25) is 5.43 Å². The molecule has 1 fully saturated rings. The largest absolute Gasteiger partial charge is 0.323 e. The number of nitrogens with two attached hydrogens (primary N) is 1. The lowest BCUT2D eigenvalue weighted by molar-refractivity contribution is 0.442. The standard InChI is InChI=1S/C13H18BrFN4/c14-9-6-7-11(15)12(8-9)18-13(19-16)17-10-4-2-1-3-5-10/h6-8,10H,1-5,16H2,(H2,17,18,19). The molecule has 104 valence electrons. The van der Waals surface area contributed by atoms with Gasteiger partial charge in [0.05, 0.1) is 11.7 Å². The van der Waals surface area contributed by atoms with E-state index in [9.17, 15) is 4.39 Å². The van der Waals surface area contributed by atoms with E-state index in [4.69, 9.17) is 5.84 Å². The molecule has 19 heavy (non-hydrogen) atoms. The fourth-order valence-corrected chi connectivity index (χ4v) is 2.58. The van der Waals surface area contributed by atoms with Crippen LogP contribution in [0.3, 0.4) is 0 Å². The van der Waals surface area contributed by atoms with Crippen LogP contribution in [0.2, 0.25) is 0 Å². The van der Waals surface area contributed by atoms with E-state index in [-0.39, 0.29) is 11.9 Å². The first kappa shape index (κ1) is 14.3. The number of nitrogens with zero attached hydrogens (tertiary/aromatic N) is 1. The number of guanidine groups is 1. The molecule has 0 heterocycles. The molecule has 0 aromatic heterocycles. The minimum atomic E-state index is -0.338. The third kappa shape index (κ3) is 4.18. The number of benzene rings is 1. The lowest BCUT2D eigenvalue weighted by atomic mass is 9.96. The molecule has 1 aliphatic rings. The predicted octanol–water partition coefficient (Wildman–Crippen LogP) is 3.15. The third-order valence-electron chi connectivity index (χ3n) is 3.20. The van der Waals surface area contributed by atoms with Gasteiger partial charge in [0, 0.05) is 4.47 Å². The van der Waals surface area contributed by atoms with Gasteiger partial charge in [0.1, 0.15) is 5.82 Å². The van der Waals surface area contributed by atoms with Gasteiger partial charge in [-0.1, -0.05) is 35.2 Å². The highest BCUT2D eigenvalue weighted by Crippen LogP contribution is 2.22. The smallest absolute Gasteiger partial charge is 0.210 e. The molecule has 2 rings (SSSR count). The molecule has 1 saturated carbocycles. The van der Waals surface area contributed by atoms with Crippen molar-refractivity contribution in [3.63, 3.8) is 0 Å². The zero-order chi connectivity index (χ0) is 13.7.